The van der Waals surface area contributed by atoms with E-state index in [9.17, 15) is 9.90 Å². The molecule has 4 nitrogen and oxygen atoms in total. The van der Waals surface area contributed by atoms with Crippen LogP contribution < -0.4 is 0 Å². The number of carboxylic acids is 1. The predicted molar refractivity (Wildman–Crippen MR) is 89.4 cm³/mol. The van der Waals surface area contributed by atoms with Crippen molar-refractivity contribution in [2.75, 3.05) is 6.54 Å². The van der Waals surface area contributed by atoms with E-state index in [1.54, 1.807) is 6.20 Å². The average Bonchev–Trinajstić information content (AvgIpc) is 3.01. The maximum atomic E-state index is 11.7. The van der Waals surface area contributed by atoms with Crippen molar-refractivity contribution in [2.45, 2.75) is 38.8 Å². The molecule has 2 unspecified atom stereocenters. The summed E-state index contributed by atoms with van der Waals surface area (Å²) >= 11 is 0. The van der Waals surface area contributed by atoms with Gasteiger partial charge in [-0.1, -0.05) is 24.3 Å². The maximum absolute atomic E-state index is 11.7. The van der Waals surface area contributed by atoms with Gasteiger partial charge in [-0.15, -0.1) is 0 Å². The minimum Gasteiger partial charge on any atom is -0.480 e. The summed E-state index contributed by atoms with van der Waals surface area (Å²) < 4.78 is 0. The standard InChI is InChI=1S/C19H22N2O2/c1-13-6-3-4-7-15(13)18(16-9-10-20-12-14(16)2)21-11-5-8-17(21)19(22)23/h3-4,6-7,9-10,12,17-18H,5,8,11H2,1-2H3,(H,22,23). The molecule has 1 aliphatic heterocycles. The number of nitrogens with zero attached hydrogens (tertiary/aromatic N) is 2. The number of carbonyl (C=O) groups is 1. The van der Waals surface area contributed by atoms with Crippen molar-refractivity contribution in [3.8, 4) is 0 Å². The van der Waals surface area contributed by atoms with Crippen molar-refractivity contribution < 1.29 is 9.90 Å². The van der Waals surface area contributed by atoms with Gasteiger partial charge < -0.3 is 5.11 Å². The predicted octanol–water partition coefficient (Wildman–Crippen LogP) is 3.34. The van der Waals surface area contributed by atoms with Gasteiger partial charge in [0.15, 0.2) is 0 Å². The van der Waals surface area contributed by atoms with Gasteiger partial charge in [0.05, 0.1) is 6.04 Å². The number of aliphatic carboxylic acids is 1. The molecule has 1 saturated heterocycles. The van der Waals surface area contributed by atoms with Gasteiger partial charge >= 0.3 is 5.97 Å². The molecular formula is C19H22N2O2. The summed E-state index contributed by atoms with van der Waals surface area (Å²) in [5, 5.41) is 9.61. The number of benzene rings is 1. The Morgan fingerprint density at radius 1 is 1.22 bits per heavy atom. The molecule has 1 aliphatic rings. The highest BCUT2D eigenvalue weighted by molar-refractivity contribution is 5.74. The van der Waals surface area contributed by atoms with Crippen molar-refractivity contribution in [3.63, 3.8) is 0 Å². The molecule has 1 aromatic carbocycles. The van der Waals surface area contributed by atoms with Gasteiger partial charge in [0, 0.05) is 18.9 Å². The van der Waals surface area contributed by atoms with Crippen LogP contribution in [-0.4, -0.2) is 33.5 Å². The van der Waals surface area contributed by atoms with Crippen LogP contribution in [0.1, 0.15) is 41.1 Å². The van der Waals surface area contributed by atoms with Crippen LogP contribution in [-0.2, 0) is 4.79 Å². The molecular weight excluding hydrogens is 288 g/mol. The van der Waals surface area contributed by atoms with E-state index in [1.165, 1.54) is 11.1 Å². The molecule has 120 valence electrons. The van der Waals surface area contributed by atoms with Gasteiger partial charge in [-0.3, -0.25) is 14.7 Å². The second kappa shape index (κ2) is 6.50. The number of hydrogen-bond donors (Lipinski definition) is 1. The fourth-order valence-corrected chi connectivity index (χ4v) is 3.57. The molecule has 0 bridgehead atoms. The lowest BCUT2D eigenvalue weighted by Gasteiger charge is -2.33. The molecule has 2 atom stereocenters. The monoisotopic (exact) mass is 310 g/mol. The SMILES string of the molecule is Cc1ccccc1C(c1ccncc1C)N1CCCC1C(=O)O. The Balaban J connectivity index is 2.13. The van der Waals surface area contributed by atoms with E-state index in [0.29, 0.717) is 6.42 Å². The largest absolute Gasteiger partial charge is 0.480 e. The summed E-state index contributed by atoms with van der Waals surface area (Å²) in [4.78, 5) is 18.0. The third kappa shape index (κ3) is 2.99. The normalized spacial score (nSPS) is 19.7. The van der Waals surface area contributed by atoms with Crippen molar-refractivity contribution in [3.05, 3.63) is 65.0 Å². The molecule has 0 spiro atoms. The van der Waals surface area contributed by atoms with Gasteiger partial charge in [-0.25, -0.2) is 0 Å². The summed E-state index contributed by atoms with van der Waals surface area (Å²) in [7, 11) is 0. The minimum absolute atomic E-state index is 0.0391. The molecule has 3 rings (SSSR count). The molecule has 1 N–H and O–H groups in total. The first kappa shape index (κ1) is 15.7. The highest BCUT2D eigenvalue weighted by Gasteiger charge is 2.37. The van der Waals surface area contributed by atoms with Gasteiger partial charge in [-0.05, 0) is 55.0 Å². The maximum Gasteiger partial charge on any atom is 0.320 e. The number of aromatic nitrogens is 1. The second-order valence-electron chi connectivity index (χ2n) is 6.23. The molecule has 2 aromatic rings. The van der Waals surface area contributed by atoms with Gasteiger partial charge in [-0.2, -0.15) is 0 Å². The topological polar surface area (TPSA) is 53.4 Å². The third-order valence-electron chi connectivity index (χ3n) is 4.75. The number of pyridine rings is 1. The molecule has 2 heterocycles. The fourth-order valence-electron chi connectivity index (χ4n) is 3.57. The number of rotatable bonds is 4. The highest BCUT2D eigenvalue weighted by atomic mass is 16.4. The summed E-state index contributed by atoms with van der Waals surface area (Å²) in [6.45, 7) is 4.93. The van der Waals surface area contributed by atoms with Crippen molar-refractivity contribution >= 4 is 5.97 Å². The van der Waals surface area contributed by atoms with Crippen LogP contribution in [0.2, 0.25) is 0 Å². The zero-order valence-corrected chi connectivity index (χ0v) is 13.6. The zero-order chi connectivity index (χ0) is 16.4. The van der Waals surface area contributed by atoms with Crippen LogP contribution in [0.4, 0.5) is 0 Å². The van der Waals surface area contributed by atoms with E-state index in [-0.39, 0.29) is 6.04 Å². The first-order valence-electron chi connectivity index (χ1n) is 8.04. The molecule has 0 saturated carbocycles. The molecule has 23 heavy (non-hydrogen) atoms. The Hall–Kier alpha value is -2.20. The second-order valence-corrected chi connectivity index (χ2v) is 6.23. The minimum atomic E-state index is -0.729. The first-order chi connectivity index (χ1) is 11.1. The van der Waals surface area contributed by atoms with Gasteiger partial charge in [0.1, 0.15) is 6.04 Å². The molecule has 4 heteroatoms. The lowest BCUT2D eigenvalue weighted by molar-refractivity contribution is -0.142. The third-order valence-corrected chi connectivity index (χ3v) is 4.75. The Morgan fingerprint density at radius 3 is 2.65 bits per heavy atom. The number of likely N-dealkylation sites (tertiary alicyclic amines) is 1. The first-order valence-corrected chi connectivity index (χ1v) is 8.04. The number of carboxylic acid groups (broad SMARTS) is 1. The lowest BCUT2D eigenvalue weighted by atomic mass is 9.91. The highest BCUT2D eigenvalue weighted by Crippen LogP contribution is 2.37. The quantitative estimate of drug-likeness (QED) is 0.941. The Kier molecular flexibility index (Phi) is 4.44. The Bertz CT molecular complexity index is 669. The molecule has 0 amide bonds. The van der Waals surface area contributed by atoms with E-state index < -0.39 is 12.0 Å². The van der Waals surface area contributed by atoms with Crippen LogP contribution in [0.5, 0.6) is 0 Å². The van der Waals surface area contributed by atoms with E-state index >= 15 is 0 Å². The summed E-state index contributed by atoms with van der Waals surface area (Å²) in [6.07, 6.45) is 5.28. The fraction of sp³-hybridized carbons (Fsp3) is 0.368. The van der Waals surface area contributed by atoms with Crippen LogP contribution >= 0.6 is 0 Å². The van der Waals surface area contributed by atoms with E-state index in [4.69, 9.17) is 0 Å². The molecule has 0 aliphatic carbocycles. The molecule has 1 aromatic heterocycles. The average molecular weight is 310 g/mol. The van der Waals surface area contributed by atoms with Crippen molar-refractivity contribution in [2.24, 2.45) is 0 Å². The lowest BCUT2D eigenvalue weighted by Crippen LogP contribution is -2.39. The van der Waals surface area contributed by atoms with E-state index in [2.05, 4.69) is 28.9 Å². The Labute approximate surface area is 136 Å². The van der Waals surface area contributed by atoms with Crippen LogP contribution in [0.15, 0.2) is 42.7 Å². The van der Waals surface area contributed by atoms with Crippen molar-refractivity contribution in [1.29, 1.82) is 0 Å². The van der Waals surface area contributed by atoms with E-state index in [0.717, 1.165) is 24.1 Å². The summed E-state index contributed by atoms with van der Waals surface area (Å²) in [5.74, 6) is -0.729. The Morgan fingerprint density at radius 2 is 1.96 bits per heavy atom. The van der Waals surface area contributed by atoms with Crippen LogP contribution in [0.3, 0.4) is 0 Å². The summed E-state index contributed by atoms with van der Waals surface area (Å²) in [5.41, 5.74) is 4.60. The molecule has 1 fully saturated rings. The number of aryl methyl sites for hydroxylation is 2. The van der Waals surface area contributed by atoms with Crippen molar-refractivity contribution in [1.82, 2.24) is 9.88 Å². The molecule has 0 radical (unpaired) electrons. The van der Waals surface area contributed by atoms with E-state index in [1.807, 2.05) is 31.3 Å². The number of hydrogen-bond acceptors (Lipinski definition) is 3. The van der Waals surface area contributed by atoms with Gasteiger partial charge in [0.25, 0.3) is 0 Å². The zero-order valence-electron chi connectivity index (χ0n) is 13.6. The smallest absolute Gasteiger partial charge is 0.320 e. The summed E-state index contributed by atoms with van der Waals surface area (Å²) in [6, 6.07) is 9.80. The van der Waals surface area contributed by atoms with Gasteiger partial charge in [0.2, 0.25) is 0 Å². The van der Waals surface area contributed by atoms with Crippen LogP contribution in [0, 0.1) is 13.8 Å². The van der Waals surface area contributed by atoms with Crippen LogP contribution in [0.25, 0.3) is 0 Å².